The first-order valence-electron chi connectivity index (χ1n) is 6.72. The monoisotopic (exact) mass is 282 g/mol. The maximum Gasteiger partial charge on any atom is 0.277 e. The first kappa shape index (κ1) is 14.8. The van der Waals surface area contributed by atoms with Crippen LogP contribution >= 0.6 is 0 Å². The van der Waals surface area contributed by atoms with Crippen molar-refractivity contribution >= 4 is 12.1 Å². The van der Waals surface area contributed by atoms with Crippen LogP contribution in [-0.2, 0) is 4.79 Å². The number of aryl methyl sites for hydroxylation is 2. The minimum atomic E-state index is -0.289. The van der Waals surface area contributed by atoms with Crippen molar-refractivity contribution in [2.75, 3.05) is 6.61 Å². The van der Waals surface area contributed by atoms with Crippen molar-refractivity contribution < 1.29 is 9.53 Å². The number of carbonyl (C=O) groups excluding carboxylic acids is 1. The summed E-state index contributed by atoms with van der Waals surface area (Å²) < 4.78 is 5.50. The molecule has 21 heavy (non-hydrogen) atoms. The number of ether oxygens (including phenoxy) is 1. The third kappa shape index (κ3) is 4.76. The molecule has 0 saturated heterocycles. The topological polar surface area (TPSA) is 50.7 Å². The number of hydrogen-bond donors (Lipinski definition) is 1. The lowest BCUT2D eigenvalue weighted by atomic mass is 10.1. The number of hydrazone groups is 1. The van der Waals surface area contributed by atoms with Crippen molar-refractivity contribution in [2.45, 2.75) is 13.8 Å². The van der Waals surface area contributed by atoms with Crippen LogP contribution in [0.25, 0.3) is 0 Å². The third-order valence-electron chi connectivity index (χ3n) is 2.90. The molecule has 108 valence electrons. The Morgan fingerprint density at radius 3 is 2.71 bits per heavy atom. The van der Waals surface area contributed by atoms with E-state index in [1.807, 2.05) is 62.4 Å². The molecular formula is C17H18N2O2. The van der Waals surface area contributed by atoms with E-state index in [9.17, 15) is 4.79 Å². The van der Waals surface area contributed by atoms with Gasteiger partial charge in [0.25, 0.3) is 5.91 Å². The van der Waals surface area contributed by atoms with Gasteiger partial charge >= 0.3 is 0 Å². The van der Waals surface area contributed by atoms with E-state index in [0.29, 0.717) is 0 Å². The molecule has 0 aromatic heterocycles. The van der Waals surface area contributed by atoms with Gasteiger partial charge in [0.15, 0.2) is 6.61 Å². The lowest BCUT2D eigenvalue weighted by Gasteiger charge is -2.08. The zero-order valence-corrected chi connectivity index (χ0v) is 12.2. The van der Waals surface area contributed by atoms with Crippen LogP contribution in [0.2, 0.25) is 0 Å². The summed E-state index contributed by atoms with van der Waals surface area (Å²) >= 11 is 0. The van der Waals surface area contributed by atoms with Crippen LogP contribution < -0.4 is 10.2 Å². The number of hydrogen-bond acceptors (Lipinski definition) is 3. The van der Waals surface area contributed by atoms with Gasteiger partial charge in [0.2, 0.25) is 0 Å². The van der Waals surface area contributed by atoms with Gasteiger partial charge in [0.1, 0.15) is 5.75 Å². The van der Waals surface area contributed by atoms with Crippen molar-refractivity contribution in [2.24, 2.45) is 5.10 Å². The molecule has 2 rings (SSSR count). The average molecular weight is 282 g/mol. The Morgan fingerprint density at radius 1 is 1.19 bits per heavy atom. The van der Waals surface area contributed by atoms with Crippen molar-refractivity contribution in [3.8, 4) is 5.75 Å². The average Bonchev–Trinajstić information content (AvgIpc) is 2.49. The SMILES string of the molecule is Cc1ccc(C)c(OCC(=O)N/N=C/c2ccccc2)c1. The Bertz CT molecular complexity index is 636. The van der Waals surface area contributed by atoms with E-state index in [1.54, 1.807) is 6.21 Å². The van der Waals surface area contributed by atoms with E-state index in [2.05, 4.69) is 10.5 Å². The Kier molecular flexibility index (Phi) is 5.10. The molecule has 0 unspecified atom stereocenters. The minimum Gasteiger partial charge on any atom is -0.483 e. The number of amides is 1. The fourth-order valence-corrected chi connectivity index (χ4v) is 1.76. The molecule has 2 aromatic rings. The van der Waals surface area contributed by atoms with Gasteiger partial charge in [-0.25, -0.2) is 5.43 Å². The van der Waals surface area contributed by atoms with E-state index in [1.165, 1.54) is 0 Å². The molecule has 0 saturated carbocycles. The van der Waals surface area contributed by atoms with Gasteiger partial charge in [-0.3, -0.25) is 4.79 Å². The molecule has 1 amide bonds. The molecule has 0 aliphatic carbocycles. The Hall–Kier alpha value is -2.62. The summed E-state index contributed by atoms with van der Waals surface area (Å²) in [4.78, 5) is 11.7. The van der Waals surface area contributed by atoms with Crippen LogP contribution in [-0.4, -0.2) is 18.7 Å². The molecule has 0 bridgehead atoms. The quantitative estimate of drug-likeness (QED) is 0.677. The highest BCUT2D eigenvalue weighted by Gasteiger charge is 2.04. The maximum atomic E-state index is 11.7. The highest BCUT2D eigenvalue weighted by atomic mass is 16.5. The highest BCUT2D eigenvalue weighted by Crippen LogP contribution is 2.18. The molecule has 4 heteroatoms. The van der Waals surface area contributed by atoms with Gasteiger partial charge in [-0.2, -0.15) is 5.10 Å². The second-order valence-corrected chi connectivity index (χ2v) is 4.76. The summed E-state index contributed by atoms with van der Waals surface area (Å²) in [7, 11) is 0. The van der Waals surface area contributed by atoms with Crippen LogP contribution in [0.15, 0.2) is 53.6 Å². The lowest BCUT2D eigenvalue weighted by Crippen LogP contribution is -2.24. The fourth-order valence-electron chi connectivity index (χ4n) is 1.76. The van der Waals surface area contributed by atoms with Crippen LogP contribution in [0, 0.1) is 13.8 Å². The minimum absolute atomic E-state index is 0.0591. The summed E-state index contributed by atoms with van der Waals surface area (Å²) in [5.41, 5.74) is 5.46. The van der Waals surface area contributed by atoms with Gasteiger partial charge < -0.3 is 4.74 Å². The predicted molar refractivity (Wildman–Crippen MR) is 83.6 cm³/mol. The molecule has 0 spiro atoms. The van der Waals surface area contributed by atoms with E-state index in [0.717, 1.165) is 22.4 Å². The van der Waals surface area contributed by atoms with E-state index < -0.39 is 0 Å². The van der Waals surface area contributed by atoms with E-state index in [4.69, 9.17) is 4.74 Å². The summed E-state index contributed by atoms with van der Waals surface area (Å²) in [6.45, 7) is 3.87. The molecule has 0 aliphatic rings. The molecule has 0 aliphatic heterocycles. The molecule has 0 radical (unpaired) electrons. The van der Waals surface area contributed by atoms with E-state index >= 15 is 0 Å². The second kappa shape index (κ2) is 7.24. The maximum absolute atomic E-state index is 11.7. The number of nitrogens with one attached hydrogen (secondary N) is 1. The van der Waals surface area contributed by atoms with Gasteiger partial charge in [-0.15, -0.1) is 0 Å². The number of benzene rings is 2. The van der Waals surface area contributed by atoms with E-state index in [-0.39, 0.29) is 12.5 Å². The zero-order valence-electron chi connectivity index (χ0n) is 12.2. The standard InChI is InChI=1S/C17H18N2O2/c1-13-8-9-14(2)16(10-13)21-12-17(20)19-18-11-15-6-4-3-5-7-15/h3-11H,12H2,1-2H3,(H,19,20)/b18-11+. The van der Waals surface area contributed by atoms with Crippen molar-refractivity contribution in [1.29, 1.82) is 0 Å². The Balaban J connectivity index is 1.82. The summed E-state index contributed by atoms with van der Waals surface area (Å²) in [5, 5.41) is 3.89. The number of rotatable bonds is 5. The molecule has 2 aromatic carbocycles. The van der Waals surface area contributed by atoms with Crippen LogP contribution in [0.5, 0.6) is 5.75 Å². The zero-order chi connectivity index (χ0) is 15.1. The number of nitrogens with zero attached hydrogens (tertiary/aromatic N) is 1. The molecular weight excluding hydrogens is 264 g/mol. The van der Waals surface area contributed by atoms with Gasteiger partial charge in [-0.1, -0.05) is 42.5 Å². The predicted octanol–water partition coefficient (Wildman–Crippen LogP) is 2.83. The Morgan fingerprint density at radius 2 is 1.95 bits per heavy atom. The van der Waals surface area contributed by atoms with Crippen LogP contribution in [0.1, 0.15) is 16.7 Å². The highest BCUT2D eigenvalue weighted by molar-refractivity contribution is 5.82. The number of carbonyl (C=O) groups is 1. The fraction of sp³-hybridized carbons (Fsp3) is 0.176. The molecule has 1 N–H and O–H groups in total. The third-order valence-corrected chi connectivity index (χ3v) is 2.90. The summed E-state index contributed by atoms with van der Waals surface area (Å²) in [5.74, 6) is 0.431. The summed E-state index contributed by atoms with van der Waals surface area (Å²) in [6, 6.07) is 15.4. The molecule has 0 fully saturated rings. The summed E-state index contributed by atoms with van der Waals surface area (Å²) in [6.07, 6.45) is 1.59. The lowest BCUT2D eigenvalue weighted by molar-refractivity contribution is -0.123. The van der Waals surface area contributed by atoms with Crippen LogP contribution in [0.4, 0.5) is 0 Å². The molecule has 4 nitrogen and oxygen atoms in total. The van der Waals surface area contributed by atoms with Crippen LogP contribution in [0.3, 0.4) is 0 Å². The van der Waals surface area contributed by atoms with Crippen molar-refractivity contribution in [1.82, 2.24) is 5.43 Å². The molecule has 0 heterocycles. The second-order valence-electron chi connectivity index (χ2n) is 4.76. The van der Waals surface area contributed by atoms with Gasteiger partial charge in [-0.05, 0) is 36.6 Å². The smallest absolute Gasteiger partial charge is 0.277 e. The first-order chi connectivity index (χ1) is 10.1. The van der Waals surface area contributed by atoms with Crippen molar-refractivity contribution in [3.05, 3.63) is 65.2 Å². The normalized spacial score (nSPS) is 10.6. The van der Waals surface area contributed by atoms with Gasteiger partial charge in [0, 0.05) is 0 Å². The van der Waals surface area contributed by atoms with Crippen molar-refractivity contribution in [3.63, 3.8) is 0 Å². The molecule has 0 atom stereocenters. The Labute approximate surface area is 124 Å². The van der Waals surface area contributed by atoms with Gasteiger partial charge in [0.05, 0.1) is 6.21 Å². The largest absolute Gasteiger partial charge is 0.483 e. The first-order valence-corrected chi connectivity index (χ1v) is 6.72.